The van der Waals surface area contributed by atoms with Crippen molar-refractivity contribution in [3.63, 3.8) is 0 Å². The van der Waals surface area contributed by atoms with E-state index in [0.717, 1.165) is 5.56 Å². The average Bonchev–Trinajstić information content (AvgIpc) is 3.20. The minimum absolute atomic E-state index is 0.132. The Hall–Kier alpha value is -2.73. The molecule has 32 heavy (non-hydrogen) atoms. The van der Waals surface area contributed by atoms with Crippen LogP contribution in [0.1, 0.15) is 5.56 Å². The van der Waals surface area contributed by atoms with E-state index in [1.165, 1.54) is 22.8 Å². The lowest BCUT2D eigenvalue weighted by Crippen LogP contribution is -2.40. The van der Waals surface area contributed by atoms with E-state index in [1.807, 2.05) is 0 Å². The van der Waals surface area contributed by atoms with Crippen LogP contribution in [0.4, 0.5) is 5.13 Å². The summed E-state index contributed by atoms with van der Waals surface area (Å²) in [5, 5.41) is 3.20. The molecule has 4 rings (SSSR count). The first kappa shape index (κ1) is 22.5. The summed E-state index contributed by atoms with van der Waals surface area (Å²) in [6.07, 6.45) is 0.132. The lowest BCUT2D eigenvalue weighted by Gasteiger charge is -2.25. The van der Waals surface area contributed by atoms with Gasteiger partial charge in [-0.3, -0.25) is 4.79 Å². The molecule has 1 aliphatic heterocycles. The molecule has 0 atom stereocenters. The number of carbonyl (C=O) groups excluding carboxylic acids is 1. The van der Waals surface area contributed by atoms with E-state index in [0.29, 0.717) is 53.2 Å². The number of nitrogens with zero attached hydrogens (tertiary/aromatic N) is 2. The van der Waals surface area contributed by atoms with Gasteiger partial charge in [0.25, 0.3) is 0 Å². The molecule has 170 valence electrons. The van der Waals surface area contributed by atoms with Crippen LogP contribution in [0, 0.1) is 0 Å². The lowest BCUT2D eigenvalue weighted by atomic mass is 10.1. The third-order valence-corrected chi connectivity index (χ3v) is 7.85. The molecule has 1 N–H and O–H groups in total. The van der Waals surface area contributed by atoms with Crippen LogP contribution in [-0.4, -0.2) is 64.1 Å². The fourth-order valence-electron chi connectivity index (χ4n) is 3.39. The molecular weight excluding hydrogens is 454 g/mol. The molecule has 1 saturated heterocycles. The Morgan fingerprint density at radius 1 is 1.12 bits per heavy atom. The number of hydrogen-bond acceptors (Lipinski definition) is 8. The van der Waals surface area contributed by atoms with Crippen molar-refractivity contribution in [1.82, 2.24) is 9.29 Å². The molecule has 1 aromatic heterocycles. The van der Waals surface area contributed by atoms with Crippen LogP contribution in [0.25, 0.3) is 10.2 Å². The van der Waals surface area contributed by atoms with Crippen molar-refractivity contribution >= 4 is 42.6 Å². The number of thiazole rings is 1. The number of sulfonamides is 1. The van der Waals surface area contributed by atoms with Crippen LogP contribution >= 0.6 is 11.3 Å². The van der Waals surface area contributed by atoms with Gasteiger partial charge in [0.2, 0.25) is 15.9 Å². The van der Waals surface area contributed by atoms with Crippen molar-refractivity contribution in [2.24, 2.45) is 0 Å². The summed E-state index contributed by atoms with van der Waals surface area (Å²) >= 11 is 1.23. The largest absolute Gasteiger partial charge is 0.493 e. The van der Waals surface area contributed by atoms with Crippen molar-refractivity contribution in [2.75, 3.05) is 45.8 Å². The molecular formula is C21H23N3O6S2. The van der Waals surface area contributed by atoms with Gasteiger partial charge in [-0.15, -0.1) is 0 Å². The van der Waals surface area contributed by atoms with Crippen LogP contribution in [0.3, 0.4) is 0 Å². The minimum Gasteiger partial charge on any atom is -0.493 e. The first-order chi connectivity index (χ1) is 15.4. The third-order valence-electron chi connectivity index (χ3n) is 5.03. The number of benzene rings is 2. The molecule has 0 aliphatic carbocycles. The molecule has 9 nitrogen and oxygen atoms in total. The van der Waals surface area contributed by atoms with Crippen molar-refractivity contribution < 1.29 is 27.4 Å². The van der Waals surface area contributed by atoms with Crippen LogP contribution in [0.15, 0.2) is 41.3 Å². The Morgan fingerprint density at radius 3 is 2.59 bits per heavy atom. The molecule has 3 aromatic rings. The quantitative estimate of drug-likeness (QED) is 0.557. The maximum absolute atomic E-state index is 12.9. The molecule has 0 unspecified atom stereocenters. The standard InChI is InChI=1S/C21H23N3O6S2/c1-28-17-6-3-14(11-18(17)29-2)12-20(25)23-21-22-16-5-4-15(13-19(16)31-21)32(26,27)24-7-9-30-10-8-24/h3-6,11,13H,7-10,12H2,1-2H3,(H,22,23,25). The smallest absolute Gasteiger partial charge is 0.243 e. The van der Waals surface area contributed by atoms with Gasteiger partial charge in [0.15, 0.2) is 16.6 Å². The Balaban J connectivity index is 1.49. The highest BCUT2D eigenvalue weighted by atomic mass is 32.2. The fourth-order valence-corrected chi connectivity index (χ4v) is 5.82. The van der Waals surface area contributed by atoms with Crippen LogP contribution in [0.5, 0.6) is 11.5 Å². The predicted molar refractivity (Wildman–Crippen MR) is 121 cm³/mol. The molecule has 0 radical (unpaired) electrons. The van der Waals surface area contributed by atoms with Crippen molar-refractivity contribution in [3.8, 4) is 11.5 Å². The number of fused-ring (bicyclic) bond motifs is 1. The van der Waals surface area contributed by atoms with Gasteiger partial charge in [-0.25, -0.2) is 13.4 Å². The zero-order valence-electron chi connectivity index (χ0n) is 17.7. The zero-order valence-corrected chi connectivity index (χ0v) is 19.3. The SMILES string of the molecule is COc1ccc(CC(=O)Nc2nc3ccc(S(=O)(=O)N4CCOCC4)cc3s2)cc1OC. The third kappa shape index (κ3) is 4.70. The molecule has 0 saturated carbocycles. The van der Waals surface area contributed by atoms with Crippen LogP contribution < -0.4 is 14.8 Å². The Bertz CT molecular complexity index is 1240. The first-order valence-corrected chi connectivity index (χ1v) is 12.2. The second-order valence-electron chi connectivity index (χ2n) is 7.08. The Labute approximate surface area is 190 Å². The maximum Gasteiger partial charge on any atom is 0.243 e. The summed E-state index contributed by atoms with van der Waals surface area (Å²) in [7, 11) is -0.509. The number of aromatic nitrogens is 1. The van der Waals surface area contributed by atoms with E-state index in [-0.39, 0.29) is 17.2 Å². The maximum atomic E-state index is 12.9. The zero-order chi connectivity index (χ0) is 22.7. The number of rotatable bonds is 7. The van der Waals surface area contributed by atoms with E-state index in [4.69, 9.17) is 14.2 Å². The van der Waals surface area contributed by atoms with Crippen molar-refractivity contribution in [2.45, 2.75) is 11.3 Å². The number of ether oxygens (including phenoxy) is 3. The summed E-state index contributed by atoms with van der Waals surface area (Å²) in [5.74, 6) is 0.898. The Morgan fingerprint density at radius 2 is 1.88 bits per heavy atom. The van der Waals surface area contributed by atoms with Crippen LogP contribution in [0.2, 0.25) is 0 Å². The van der Waals surface area contributed by atoms with Gasteiger partial charge < -0.3 is 19.5 Å². The minimum atomic E-state index is -3.60. The number of hydrogen-bond donors (Lipinski definition) is 1. The van der Waals surface area contributed by atoms with Crippen molar-refractivity contribution in [1.29, 1.82) is 0 Å². The molecule has 1 fully saturated rings. The lowest BCUT2D eigenvalue weighted by molar-refractivity contribution is -0.115. The second-order valence-corrected chi connectivity index (χ2v) is 10.0. The summed E-state index contributed by atoms with van der Waals surface area (Å²) < 4.78 is 43.6. The highest BCUT2D eigenvalue weighted by molar-refractivity contribution is 7.89. The summed E-state index contributed by atoms with van der Waals surface area (Å²) in [4.78, 5) is 17.1. The van der Waals surface area contributed by atoms with E-state index in [2.05, 4.69) is 10.3 Å². The number of amides is 1. The van der Waals surface area contributed by atoms with E-state index in [1.54, 1.807) is 43.5 Å². The summed E-state index contributed by atoms with van der Waals surface area (Å²) in [5.41, 5.74) is 1.39. The number of methoxy groups -OCH3 is 2. The predicted octanol–water partition coefficient (Wildman–Crippen LogP) is 2.52. The number of morpholine rings is 1. The normalized spacial score (nSPS) is 14.9. The van der Waals surface area contributed by atoms with Gasteiger partial charge in [0, 0.05) is 13.1 Å². The highest BCUT2D eigenvalue weighted by Gasteiger charge is 2.26. The van der Waals surface area contributed by atoms with E-state index in [9.17, 15) is 13.2 Å². The Kier molecular flexibility index (Phi) is 6.60. The fraction of sp³-hybridized carbons (Fsp3) is 0.333. The number of anilines is 1. The molecule has 1 aliphatic rings. The van der Waals surface area contributed by atoms with E-state index < -0.39 is 10.0 Å². The molecule has 0 bridgehead atoms. The molecule has 2 aromatic carbocycles. The molecule has 0 spiro atoms. The first-order valence-electron chi connectivity index (χ1n) is 9.90. The van der Waals surface area contributed by atoms with E-state index >= 15 is 0 Å². The summed E-state index contributed by atoms with van der Waals surface area (Å²) in [6, 6.07) is 10.1. The van der Waals surface area contributed by atoms with Gasteiger partial charge >= 0.3 is 0 Å². The summed E-state index contributed by atoms with van der Waals surface area (Å²) in [6.45, 7) is 1.44. The monoisotopic (exact) mass is 477 g/mol. The number of nitrogens with one attached hydrogen (secondary N) is 1. The van der Waals surface area contributed by atoms with Crippen LogP contribution in [-0.2, 0) is 26.0 Å². The molecule has 1 amide bonds. The molecule has 2 heterocycles. The number of carbonyl (C=O) groups is 1. The van der Waals surface area contributed by atoms with Gasteiger partial charge in [-0.2, -0.15) is 4.31 Å². The van der Waals surface area contributed by atoms with Crippen molar-refractivity contribution in [3.05, 3.63) is 42.0 Å². The second kappa shape index (κ2) is 9.41. The van der Waals surface area contributed by atoms with Gasteiger partial charge in [0.1, 0.15) is 0 Å². The van der Waals surface area contributed by atoms with Gasteiger partial charge in [-0.05, 0) is 35.9 Å². The highest BCUT2D eigenvalue weighted by Crippen LogP contribution is 2.30. The average molecular weight is 478 g/mol. The van der Waals surface area contributed by atoms with Gasteiger partial charge in [-0.1, -0.05) is 17.4 Å². The molecule has 11 heteroatoms. The topological polar surface area (TPSA) is 107 Å². The van der Waals surface area contributed by atoms with Gasteiger partial charge in [0.05, 0.1) is 49.0 Å².